The Morgan fingerprint density at radius 3 is 2.16 bits per heavy atom. The Morgan fingerprint density at radius 1 is 1.16 bits per heavy atom. The molecule has 0 saturated carbocycles. The van der Waals surface area contributed by atoms with Gasteiger partial charge in [0.05, 0.1) is 5.56 Å². The molecule has 0 aromatic heterocycles. The molecule has 1 aromatic carbocycles. The van der Waals surface area contributed by atoms with Gasteiger partial charge in [-0.2, -0.15) is 0 Å². The van der Waals surface area contributed by atoms with Crippen LogP contribution < -0.4 is 0 Å². The lowest BCUT2D eigenvalue weighted by atomic mass is 10.1. The molecule has 1 atom stereocenters. The minimum absolute atomic E-state index is 0.191. The van der Waals surface area contributed by atoms with Crippen LogP contribution in [0.4, 0.5) is 0 Å². The molecule has 6 heteroatoms. The average molecular weight is 282 g/mol. The molecular weight excluding hydrogens is 268 g/mol. The zero-order valence-corrected chi connectivity index (χ0v) is 11.1. The second-order valence-corrected chi connectivity index (χ2v) is 5.36. The van der Waals surface area contributed by atoms with Gasteiger partial charge in [0.2, 0.25) is 0 Å². The number of carbonyl (C=O) groups is 3. The SMILES string of the molecule is CC(=O)SC(CCc1ccc(C(=O)O)cc1)C(=O)O. The molecule has 0 aliphatic carbocycles. The summed E-state index contributed by atoms with van der Waals surface area (Å²) in [6.45, 7) is 1.34. The van der Waals surface area contributed by atoms with Crippen LogP contribution in [-0.4, -0.2) is 32.5 Å². The van der Waals surface area contributed by atoms with Crippen molar-refractivity contribution >= 4 is 28.8 Å². The number of thioether (sulfide) groups is 1. The van der Waals surface area contributed by atoms with Gasteiger partial charge < -0.3 is 10.2 Å². The molecule has 0 spiro atoms. The third-order valence-electron chi connectivity index (χ3n) is 2.48. The third kappa shape index (κ3) is 5.13. The van der Waals surface area contributed by atoms with Crippen molar-refractivity contribution in [1.82, 2.24) is 0 Å². The Bertz CT molecular complexity index is 480. The summed E-state index contributed by atoms with van der Waals surface area (Å²) in [7, 11) is 0. The molecule has 1 aromatic rings. The van der Waals surface area contributed by atoms with Gasteiger partial charge in [0.15, 0.2) is 5.12 Å². The fourth-order valence-electron chi connectivity index (χ4n) is 1.54. The summed E-state index contributed by atoms with van der Waals surface area (Å²) < 4.78 is 0. The van der Waals surface area contributed by atoms with Crippen molar-refractivity contribution in [1.29, 1.82) is 0 Å². The normalized spacial score (nSPS) is 11.8. The van der Waals surface area contributed by atoms with Gasteiger partial charge in [0.1, 0.15) is 5.25 Å². The second-order valence-electron chi connectivity index (χ2n) is 3.98. The summed E-state index contributed by atoms with van der Waals surface area (Å²) in [6.07, 6.45) is 0.809. The van der Waals surface area contributed by atoms with Crippen LogP contribution in [0.15, 0.2) is 24.3 Å². The van der Waals surface area contributed by atoms with E-state index in [2.05, 4.69) is 0 Å². The predicted octanol–water partition coefficient (Wildman–Crippen LogP) is 2.05. The molecule has 102 valence electrons. The molecule has 0 fully saturated rings. The van der Waals surface area contributed by atoms with E-state index in [1.165, 1.54) is 19.1 Å². The van der Waals surface area contributed by atoms with E-state index >= 15 is 0 Å². The van der Waals surface area contributed by atoms with Crippen LogP contribution in [-0.2, 0) is 16.0 Å². The molecule has 0 aliphatic rings. The highest BCUT2D eigenvalue weighted by atomic mass is 32.2. The summed E-state index contributed by atoms with van der Waals surface area (Å²) in [5, 5.41) is 16.7. The molecule has 1 rings (SSSR count). The minimum Gasteiger partial charge on any atom is -0.480 e. The van der Waals surface area contributed by atoms with E-state index in [1.54, 1.807) is 12.1 Å². The highest BCUT2D eigenvalue weighted by molar-refractivity contribution is 8.14. The van der Waals surface area contributed by atoms with Gasteiger partial charge in [0, 0.05) is 6.92 Å². The molecule has 1 unspecified atom stereocenters. The van der Waals surface area contributed by atoms with Gasteiger partial charge in [-0.25, -0.2) is 4.79 Å². The minimum atomic E-state index is -1.01. The van der Waals surface area contributed by atoms with Gasteiger partial charge in [-0.05, 0) is 30.5 Å². The first-order valence-electron chi connectivity index (χ1n) is 5.62. The first kappa shape index (κ1) is 15.2. The van der Waals surface area contributed by atoms with Crippen LogP contribution in [0.3, 0.4) is 0 Å². The predicted molar refractivity (Wildman–Crippen MR) is 71.4 cm³/mol. The number of carboxylic acids is 2. The van der Waals surface area contributed by atoms with Crippen molar-refractivity contribution in [2.24, 2.45) is 0 Å². The number of aliphatic carboxylic acids is 1. The molecule has 19 heavy (non-hydrogen) atoms. The smallest absolute Gasteiger partial charge is 0.335 e. The Kier molecular flexibility index (Phi) is 5.57. The number of carbonyl (C=O) groups excluding carboxylic acids is 1. The Labute approximate surface area is 114 Å². The average Bonchev–Trinajstić information content (AvgIpc) is 2.34. The van der Waals surface area contributed by atoms with Crippen LogP contribution in [0.5, 0.6) is 0 Å². The van der Waals surface area contributed by atoms with Gasteiger partial charge in [-0.1, -0.05) is 23.9 Å². The quantitative estimate of drug-likeness (QED) is 0.829. The molecule has 0 saturated heterocycles. The molecule has 0 aliphatic heterocycles. The van der Waals surface area contributed by atoms with Crippen molar-refractivity contribution in [3.63, 3.8) is 0 Å². The molecule has 2 N–H and O–H groups in total. The van der Waals surface area contributed by atoms with E-state index in [9.17, 15) is 14.4 Å². The van der Waals surface area contributed by atoms with E-state index < -0.39 is 17.2 Å². The van der Waals surface area contributed by atoms with Crippen LogP contribution in [0.1, 0.15) is 29.3 Å². The highest BCUT2D eigenvalue weighted by Gasteiger charge is 2.19. The van der Waals surface area contributed by atoms with Crippen molar-refractivity contribution in [2.45, 2.75) is 25.0 Å². The topological polar surface area (TPSA) is 91.7 Å². The maximum absolute atomic E-state index is 10.9. The molecule has 0 amide bonds. The maximum atomic E-state index is 10.9. The van der Waals surface area contributed by atoms with E-state index in [1.807, 2.05) is 0 Å². The number of aromatic carboxylic acids is 1. The van der Waals surface area contributed by atoms with Gasteiger partial charge in [-0.3, -0.25) is 9.59 Å². The van der Waals surface area contributed by atoms with Crippen LogP contribution in [0.2, 0.25) is 0 Å². The first-order valence-corrected chi connectivity index (χ1v) is 6.50. The van der Waals surface area contributed by atoms with E-state index in [-0.39, 0.29) is 10.7 Å². The number of rotatable bonds is 6. The van der Waals surface area contributed by atoms with Gasteiger partial charge in [0.25, 0.3) is 0 Å². The number of carboxylic acid groups (broad SMARTS) is 2. The van der Waals surface area contributed by atoms with Gasteiger partial charge in [-0.15, -0.1) is 0 Å². The standard InChI is InChI=1S/C13H14O5S/c1-8(14)19-11(13(17)18)7-4-9-2-5-10(6-3-9)12(15)16/h2-3,5-6,11H,4,7H2,1H3,(H,15,16)(H,17,18). The Hall–Kier alpha value is -1.82. The number of hydrogen-bond donors (Lipinski definition) is 2. The number of benzene rings is 1. The molecular formula is C13H14O5S. The number of aryl methyl sites for hydroxylation is 1. The van der Waals surface area contributed by atoms with Crippen molar-refractivity contribution in [3.8, 4) is 0 Å². The van der Waals surface area contributed by atoms with Crippen LogP contribution >= 0.6 is 11.8 Å². The van der Waals surface area contributed by atoms with Gasteiger partial charge >= 0.3 is 11.9 Å². The molecule has 0 bridgehead atoms. The van der Waals surface area contributed by atoms with Crippen molar-refractivity contribution in [2.75, 3.05) is 0 Å². The molecule has 0 radical (unpaired) electrons. The van der Waals surface area contributed by atoms with Crippen LogP contribution in [0.25, 0.3) is 0 Å². The van der Waals surface area contributed by atoms with Crippen molar-refractivity contribution in [3.05, 3.63) is 35.4 Å². The maximum Gasteiger partial charge on any atom is 0.335 e. The van der Waals surface area contributed by atoms with Crippen LogP contribution in [0, 0.1) is 0 Å². The summed E-state index contributed by atoms with van der Waals surface area (Å²) in [6, 6.07) is 6.26. The fraction of sp³-hybridized carbons (Fsp3) is 0.308. The zero-order chi connectivity index (χ0) is 14.4. The lowest BCUT2D eigenvalue weighted by Gasteiger charge is -2.09. The zero-order valence-electron chi connectivity index (χ0n) is 10.3. The lowest BCUT2D eigenvalue weighted by molar-refractivity contribution is -0.136. The fourth-order valence-corrected chi connectivity index (χ4v) is 2.28. The van der Waals surface area contributed by atoms with E-state index in [0.29, 0.717) is 12.8 Å². The Morgan fingerprint density at radius 2 is 1.74 bits per heavy atom. The number of hydrogen-bond acceptors (Lipinski definition) is 4. The van der Waals surface area contributed by atoms with Crippen molar-refractivity contribution < 1.29 is 24.6 Å². The molecule has 5 nitrogen and oxygen atoms in total. The second kappa shape index (κ2) is 6.94. The lowest BCUT2D eigenvalue weighted by Crippen LogP contribution is -2.18. The largest absolute Gasteiger partial charge is 0.480 e. The van der Waals surface area contributed by atoms with E-state index in [0.717, 1.165) is 17.3 Å². The summed E-state index contributed by atoms with van der Waals surface area (Å²) in [5.74, 6) is -2.01. The molecule has 0 heterocycles. The highest BCUT2D eigenvalue weighted by Crippen LogP contribution is 2.18. The summed E-state index contributed by atoms with van der Waals surface area (Å²) in [5.41, 5.74) is 1.04. The summed E-state index contributed by atoms with van der Waals surface area (Å²) in [4.78, 5) is 32.5. The summed E-state index contributed by atoms with van der Waals surface area (Å²) >= 11 is 0.802. The first-order chi connectivity index (χ1) is 8.90. The van der Waals surface area contributed by atoms with E-state index in [4.69, 9.17) is 10.2 Å². The third-order valence-corrected chi connectivity index (χ3v) is 3.53. The monoisotopic (exact) mass is 282 g/mol. The Balaban J connectivity index is 2.61.